The third-order valence-corrected chi connectivity index (χ3v) is 2.68. The van der Waals surface area contributed by atoms with Crippen molar-refractivity contribution in [2.75, 3.05) is 0 Å². The molecule has 0 spiro atoms. The highest BCUT2D eigenvalue weighted by Gasteiger charge is 2.43. The molecule has 0 aromatic heterocycles. The lowest BCUT2D eigenvalue weighted by molar-refractivity contribution is 0.0784. The summed E-state index contributed by atoms with van der Waals surface area (Å²) in [6.07, 6.45) is 6.80. The van der Waals surface area contributed by atoms with Crippen molar-refractivity contribution in [2.45, 2.75) is 37.6 Å². The molecule has 3 fully saturated rings. The van der Waals surface area contributed by atoms with Crippen molar-refractivity contribution in [3.05, 3.63) is 0 Å². The van der Waals surface area contributed by atoms with Crippen LogP contribution in [0.1, 0.15) is 32.1 Å². The van der Waals surface area contributed by atoms with Crippen LogP contribution >= 0.6 is 0 Å². The normalized spacial score (nSPS) is 52.9. The van der Waals surface area contributed by atoms with Gasteiger partial charge in [0.15, 0.2) is 0 Å². The molecule has 0 heterocycles. The van der Waals surface area contributed by atoms with E-state index in [4.69, 9.17) is 5.73 Å². The number of rotatable bonds is 0. The fourth-order valence-corrected chi connectivity index (χ4v) is 2.24. The molecule has 46 valence electrons. The molecule has 3 aliphatic rings. The predicted molar refractivity (Wildman–Crippen MR) is 33.5 cm³/mol. The summed E-state index contributed by atoms with van der Waals surface area (Å²) in [6.45, 7) is 0. The zero-order valence-electron chi connectivity index (χ0n) is 5.19. The number of fused-ring (bicyclic) bond motifs is 2. The van der Waals surface area contributed by atoms with E-state index < -0.39 is 0 Å². The van der Waals surface area contributed by atoms with Crippen molar-refractivity contribution in [3.63, 3.8) is 0 Å². The fraction of sp³-hybridized carbons (Fsp3) is 1.00. The van der Waals surface area contributed by atoms with Crippen molar-refractivity contribution in [1.29, 1.82) is 0 Å². The number of hydrogen-bond donors (Lipinski definition) is 1. The molecule has 0 unspecified atom stereocenters. The van der Waals surface area contributed by atoms with Crippen LogP contribution in [0.15, 0.2) is 0 Å². The Morgan fingerprint density at radius 3 is 2.38 bits per heavy atom. The van der Waals surface area contributed by atoms with E-state index in [1.165, 1.54) is 32.1 Å². The van der Waals surface area contributed by atoms with Crippen molar-refractivity contribution >= 4 is 0 Å². The molecule has 3 rings (SSSR count). The summed E-state index contributed by atoms with van der Waals surface area (Å²) in [5, 5.41) is 0. The Morgan fingerprint density at radius 1 is 1.38 bits per heavy atom. The molecule has 8 heavy (non-hydrogen) atoms. The third-order valence-electron chi connectivity index (χ3n) is 2.68. The van der Waals surface area contributed by atoms with Crippen LogP contribution in [0.2, 0.25) is 0 Å². The lowest BCUT2D eigenvalue weighted by Crippen LogP contribution is -2.54. The zero-order chi connectivity index (χ0) is 5.61. The standard InChI is InChI=1S/C7H13N/c8-7-3-1-2-6(4-7)5-7/h6H,1-5,8H2. The van der Waals surface area contributed by atoms with Gasteiger partial charge in [0.25, 0.3) is 0 Å². The first-order chi connectivity index (χ1) is 3.79. The Morgan fingerprint density at radius 2 is 2.12 bits per heavy atom. The molecule has 3 aliphatic carbocycles. The number of nitrogens with two attached hydrogens (primary N) is 1. The maximum Gasteiger partial charge on any atom is 0.0159 e. The second-order valence-corrected chi connectivity index (χ2v) is 3.53. The first kappa shape index (κ1) is 4.80. The van der Waals surface area contributed by atoms with Crippen LogP contribution in [-0.2, 0) is 0 Å². The van der Waals surface area contributed by atoms with Crippen LogP contribution in [0.5, 0.6) is 0 Å². The van der Waals surface area contributed by atoms with Gasteiger partial charge in [-0.3, -0.25) is 0 Å². The summed E-state index contributed by atoms with van der Waals surface area (Å²) in [4.78, 5) is 0. The smallest absolute Gasteiger partial charge is 0.0159 e. The van der Waals surface area contributed by atoms with Gasteiger partial charge < -0.3 is 5.73 Å². The molecule has 0 aromatic rings. The lowest BCUT2D eigenvalue weighted by Gasteiger charge is -2.50. The van der Waals surface area contributed by atoms with E-state index in [1.807, 2.05) is 0 Å². The zero-order valence-corrected chi connectivity index (χ0v) is 5.19. The summed E-state index contributed by atoms with van der Waals surface area (Å²) in [5.41, 5.74) is 6.27. The molecule has 0 radical (unpaired) electrons. The maximum atomic E-state index is 5.94. The molecule has 3 saturated carbocycles. The summed E-state index contributed by atoms with van der Waals surface area (Å²) in [7, 11) is 0. The SMILES string of the molecule is NC12CCCC(C1)C2. The van der Waals surface area contributed by atoms with E-state index in [0.29, 0.717) is 5.54 Å². The predicted octanol–water partition coefficient (Wildman–Crippen LogP) is 1.28. The Labute approximate surface area is 50.3 Å². The van der Waals surface area contributed by atoms with E-state index in [-0.39, 0.29) is 0 Å². The highest BCUT2D eigenvalue weighted by molar-refractivity contribution is 5.01. The topological polar surface area (TPSA) is 26.0 Å². The molecule has 1 heteroatoms. The minimum atomic E-state index is 0.322. The van der Waals surface area contributed by atoms with Gasteiger partial charge in [0.2, 0.25) is 0 Å². The van der Waals surface area contributed by atoms with Crippen LogP contribution in [0.25, 0.3) is 0 Å². The van der Waals surface area contributed by atoms with Gasteiger partial charge in [-0.1, -0.05) is 12.8 Å². The van der Waals surface area contributed by atoms with Crippen LogP contribution in [0, 0.1) is 5.92 Å². The number of hydrogen-bond acceptors (Lipinski definition) is 1. The molecule has 0 saturated heterocycles. The molecule has 2 bridgehead atoms. The molecule has 2 N–H and O–H groups in total. The second-order valence-electron chi connectivity index (χ2n) is 3.53. The maximum absolute atomic E-state index is 5.94. The summed E-state index contributed by atoms with van der Waals surface area (Å²) in [6, 6.07) is 0. The summed E-state index contributed by atoms with van der Waals surface area (Å²) in [5.74, 6) is 1.02. The Kier molecular flexibility index (Phi) is 0.762. The average Bonchev–Trinajstić information content (AvgIpc) is 1.63. The van der Waals surface area contributed by atoms with Crippen LogP contribution in [0.4, 0.5) is 0 Å². The molecular weight excluding hydrogens is 98.1 g/mol. The second kappa shape index (κ2) is 1.27. The highest BCUT2D eigenvalue weighted by atomic mass is 14.8. The van der Waals surface area contributed by atoms with Crippen molar-refractivity contribution in [3.8, 4) is 0 Å². The van der Waals surface area contributed by atoms with E-state index in [0.717, 1.165) is 5.92 Å². The Balaban J connectivity index is 2.06. The van der Waals surface area contributed by atoms with E-state index >= 15 is 0 Å². The first-order valence-electron chi connectivity index (χ1n) is 3.57. The van der Waals surface area contributed by atoms with Gasteiger partial charge in [0.1, 0.15) is 0 Å². The monoisotopic (exact) mass is 111 g/mol. The average molecular weight is 111 g/mol. The van der Waals surface area contributed by atoms with Crippen molar-refractivity contribution < 1.29 is 0 Å². The molecule has 0 atom stereocenters. The molecule has 0 aliphatic heterocycles. The van der Waals surface area contributed by atoms with Crippen molar-refractivity contribution in [2.24, 2.45) is 11.7 Å². The Hall–Kier alpha value is -0.0400. The van der Waals surface area contributed by atoms with Gasteiger partial charge in [0, 0.05) is 5.54 Å². The van der Waals surface area contributed by atoms with E-state index in [2.05, 4.69) is 0 Å². The van der Waals surface area contributed by atoms with Gasteiger partial charge in [0.05, 0.1) is 0 Å². The summed E-state index contributed by atoms with van der Waals surface area (Å²) < 4.78 is 0. The van der Waals surface area contributed by atoms with Crippen molar-refractivity contribution in [1.82, 2.24) is 0 Å². The summed E-state index contributed by atoms with van der Waals surface area (Å²) >= 11 is 0. The largest absolute Gasteiger partial charge is 0.325 e. The quantitative estimate of drug-likeness (QED) is 0.500. The highest BCUT2D eigenvalue weighted by Crippen LogP contribution is 2.46. The van der Waals surface area contributed by atoms with Gasteiger partial charge >= 0.3 is 0 Å². The lowest BCUT2D eigenvalue weighted by atomic mass is 9.60. The Bertz CT molecular complexity index is 97.4. The molecule has 0 aromatic carbocycles. The fourth-order valence-electron chi connectivity index (χ4n) is 2.24. The molecular formula is C7H13N. The van der Waals surface area contributed by atoms with Gasteiger partial charge in [-0.2, -0.15) is 0 Å². The van der Waals surface area contributed by atoms with E-state index in [1.54, 1.807) is 0 Å². The van der Waals surface area contributed by atoms with Gasteiger partial charge in [-0.25, -0.2) is 0 Å². The molecule has 1 nitrogen and oxygen atoms in total. The first-order valence-corrected chi connectivity index (χ1v) is 3.57. The van der Waals surface area contributed by atoms with Gasteiger partial charge in [-0.15, -0.1) is 0 Å². The minimum absolute atomic E-state index is 0.322. The van der Waals surface area contributed by atoms with Crippen LogP contribution in [0.3, 0.4) is 0 Å². The minimum Gasteiger partial charge on any atom is -0.325 e. The molecule has 0 amide bonds. The van der Waals surface area contributed by atoms with Gasteiger partial charge in [-0.05, 0) is 25.2 Å². The van der Waals surface area contributed by atoms with E-state index in [9.17, 15) is 0 Å². The van der Waals surface area contributed by atoms with Crippen LogP contribution in [-0.4, -0.2) is 5.54 Å². The third kappa shape index (κ3) is 0.510. The van der Waals surface area contributed by atoms with Crippen LogP contribution < -0.4 is 5.73 Å².